The fourth-order valence-electron chi connectivity index (χ4n) is 7.44. The number of benzene rings is 1. The Labute approximate surface area is 262 Å². The lowest BCUT2D eigenvalue weighted by molar-refractivity contribution is -0.550. The molecule has 2 atom stereocenters. The van der Waals surface area contributed by atoms with Crippen LogP contribution in [0, 0.1) is 24.2 Å². The Balaban J connectivity index is 1.44. The van der Waals surface area contributed by atoms with Gasteiger partial charge in [-0.05, 0) is 76.7 Å². The predicted octanol–water partition coefficient (Wildman–Crippen LogP) is 9.67. The molecule has 3 heteroatoms. The summed E-state index contributed by atoms with van der Waals surface area (Å²) in [6.07, 6.45) is 27.5. The molecule has 43 heavy (non-hydrogen) atoms. The van der Waals surface area contributed by atoms with Crippen LogP contribution in [0.15, 0.2) is 78.6 Å². The first-order chi connectivity index (χ1) is 20.5. The molecule has 232 valence electrons. The molecular weight excluding hydrogens is 524 g/mol. The molecule has 3 nitrogen and oxygen atoms in total. The highest BCUT2D eigenvalue weighted by molar-refractivity contribution is 5.97. The number of carbonyl (C=O) groups excluding carboxylic acids is 1. The molecule has 0 bridgehead atoms. The standard InChI is InChI=1S/C40H57N2O/c1-9-41-36-27-26-31(4)29-34(36)40(7,8)37(41)24-13-10-14-25-38-39(5,6)33-22-15-16-23-35(33)42(38)28-17-11-12-20-32(43)21-18-19-30(2)3/h10,13-16,22-27,29-30,33,35H,9,11-12,17-21,28H2,1-8H3/q+1. The van der Waals surface area contributed by atoms with Crippen molar-refractivity contribution in [3.05, 3.63) is 89.7 Å². The molecule has 4 rings (SSSR count). The molecule has 2 heterocycles. The van der Waals surface area contributed by atoms with Crippen LogP contribution in [0.5, 0.6) is 0 Å². The van der Waals surface area contributed by atoms with E-state index in [1.54, 1.807) is 0 Å². The maximum atomic E-state index is 12.3. The van der Waals surface area contributed by atoms with Crippen molar-refractivity contribution < 1.29 is 9.37 Å². The molecule has 1 aromatic carbocycles. The zero-order valence-electron chi connectivity index (χ0n) is 28.3. The Hall–Kier alpha value is -2.94. The zero-order valence-corrected chi connectivity index (χ0v) is 28.3. The minimum absolute atomic E-state index is 0.0164. The molecule has 2 unspecified atom stereocenters. The van der Waals surface area contributed by atoms with Crippen LogP contribution in [-0.2, 0) is 10.2 Å². The number of carbonyl (C=O) groups is 1. The van der Waals surface area contributed by atoms with E-state index in [2.05, 4.69) is 138 Å². The normalized spacial score (nSPS) is 23.0. The Morgan fingerprint density at radius 1 is 0.977 bits per heavy atom. The van der Waals surface area contributed by atoms with Gasteiger partial charge in [-0.2, -0.15) is 0 Å². The number of nitrogens with zero attached hydrogens (tertiary/aromatic N) is 2. The third-order valence-corrected chi connectivity index (χ3v) is 9.95. The number of unbranched alkanes of at least 4 members (excludes halogenated alkanes) is 2. The number of Topliss-reactive ketones (excluding diaryl/α,β-unsaturated/α-hetero) is 1. The molecule has 3 aliphatic rings. The van der Waals surface area contributed by atoms with Gasteiger partial charge in [-0.3, -0.25) is 4.79 Å². The molecule has 0 N–H and O–H groups in total. The van der Waals surface area contributed by atoms with Gasteiger partial charge in [0.15, 0.2) is 11.8 Å². The summed E-state index contributed by atoms with van der Waals surface area (Å²) in [6, 6.07) is 7.26. The SMILES string of the molecule is CCN1C(=CC=CC=CC2=[N+](CCCCCC(=O)CCCC(C)C)C3C=CC=CC3C2(C)C)C(C)(C)c2cc(C)ccc21. The van der Waals surface area contributed by atoms with Gasteiger partial charge in [0.2, 0.25) is 0 Å². The minimum Gasteiger partial charge on any atom is -0.344 e. The van der Waals surface area contributed by atoms with E-state index in [-0.39, 0.29) is 10.8 Å². The van der Waals surface area contributed by atoms with Crippen LogP contribution in [-0.4, -0.2) is 35.2 Å². The topological polar surface area (TPSA) is 23.3 Å². The predicted molar refractivity (Wildman–Crippen MR) is 185 cm³/mol. The van der Waals surface area contributed by atoms with Crippen LogP contribution in [0.25, 0.3) is 0 Å². The molecule has 0 saturated carbocycles. The molecule has 0 fully saturated rings. The minimum atomic E-state index is -0.0164. The van der Waals surface area contributed by atoms with Gasteiger partial charge in [-0.1, -0.05) is 88.3 Å². The van der Waals surface area contributed by atoms with Gasteiger partial charge >= 0.3 is 0 Å². The number of aryl methyl sites for hydroxylation is 1. The number of ketones is 1. The maximum absolute atomic E-state index is 12.3. The van der Waals surface area contributed by atoms with Crippen molar-refractivity contribution in [2.45, 2.75) is 112 Å². The third-order valence-electron chi connectivity index (χ3n) is 9.95. The summed E-state index contributed by atoms with van der Waals surface area (Å²) in [5.41, 5.74) is 6.90. The monoisotopic (exact) mass is 581 g/mol. The second kappa shape index (κ2) is 14.2. The second-order valence-electron chi connectivity index (χ2n) is 14.4. The smallest absolute Gasteiger partial charge is 0.183 e. The van der Waals surface area contributed by atoms with Gasteiger partial charge in [0.25, 0.3) is 0 Å². The van der Waals surface area contributed by atoms with E-state index in [1.165, 1.54) is 28.2 Å². The fraction of sp³-hybridized carbons (Fsp3) is 0.550. The van der Waals surface area contributed by atoms with E-state index < -0.39 is 0 Å². The maximum Gasteiger partial charge on any atom is 0.183 e. The quantitative estimate of drug-likeness (QED) is 0.124. The molecule has 1 aliphatic carbocycles. The van der Waals surface area contributed by atoms with Crippen LogP contribution in [0.4, 0.5) is 5.69 Å². The van der Waals surface area contributed by atoms with E-state index >= 15 is 0 Å². The Morgan fingerprint density at radius 2 is 1.72 bits per heavy atom. The lowest BCUT2D eigenvalue weighted by atomic mass is 9.73. The Morgan fingerprint density at radius 3 is 2.47 bits per heavy atom. The van der Waals surface area contributed by atoms with E-state index in [4.69, 9.17) is 0 Å². The van der Waals surface area contributed by atoms with Crippen LogP contribution in [0.3, 0.4) is 0 Å². The van der Waals surface area contributed by atoms with Crippen LogP contribution in [0.1, 0.15) is 105 Å². The van der Waals surface area contributed by atoms with Crippen LogP contribution >= 0.6 is 0 Å². The largest absolute Gasteiger partial charge is 0.344 e. The summed E-state index contributed by atoms with van der Waals surface area (Å²) in [5, 5.41) is 0. The first kappa shape index (κ1) is 33.0. The van der Waals surface area contributed by atoms with Crippen LogP contribution < -0.4 is 4.90 Å². The van der Waals surface area contributed by atoms with E-state index in [0.29, 0.717) is 23.7 Å². The fourth-order valence-corrected chi connectivity index (χ4v) is 7.44. The lowest BCUT2D eigenvalue weighted by Crippen LogP contribution is -2.30. The molecule has 1 aromatic rings. The van der Waals surface area contributed by atoms with E-state index in [0.717, 1.165) is 58.0 Å². The van der Waals surface area contributed by atoms with Gasteiger partial charge < -0.3 is 4.90 Å². The number of hydrogen-bond acceptors (Lipinski definition) is 2. The van der Waals surface area contributed by atoms with Gasteiger partial charge in [-0.25, -0.2) is 4.58 Å². The number of fused-ring (bicyclic) bond motifs is 2. The Bertz CT molecular complexity index is 1330. The number of hydrogen-bond donors (Lipinski definition) is 0. The molecule has 0 aromatic heterocycles. The summed E-state index contributed by atoms with van der Waals surface area (Å²) in [7, 11) is 0. The van der Waals surface area contributed by atoms with Crippen molar-refractivity contribution in [3.8, 4) is 0 Å². The van der Waals surface area contributed by atoms with Crippen molar-refractivity contribution in [2.24, 2.45) is 17.3 Å². The van der Waals surface area contributed by atoms with E-state index in [9.17, 15) is 4.79 Å². The first-order valence-corrected chi connectivity index (χ1v) is 16.9. The zero-order chi connectivity index (χ0) is 31.2. The van der Waals surface area contributed by atoms with Gasteiger partial charge in [-0.15, -0.1) is 0 Å². The summed E-state index contributed by atoms with van der Waals surface area (Å²) < 4.78 is 2.63. The average Bonchev–Trinajstić information content (AvgIpc) is 3.30. The first-order valence-electron chi connectivity index (χ1n) is 16.9. The van der Waals surface area contributed by atoms with Crippen molar-refractivity contribution in [1.29, 1.82) is 0 Å². The highest BCUT2D eigenvalue weighted by atomic mass is 16.1. The highest BCUT2D eigenvalue weighted by Crippen LogP contribution is 2.48. The second-order valence-corrected chi connectivity index (χ2v) is 14.4. The summed E-state index contributed by atoms with van der Waals surface area (Å²) in [4.78, 5) is 14.8. The molecular formula is C40H57N2O+. The number of rotatable bonds is 14. The summed E-state index contributed by atoms with van der Waals surface area (Å²) >= 11 is 0. The van der Waals surface area contributed by atoms with Crippen molar-refractivity contribution in [3.63, 3.8) is 0 Å². The Kier molecular flexibility index (Phi) is 10.9. The number of allylic oxidation sites excluding steroid dienone is 8. The lowest BCUT2D eigenvalue weighted by Gasteiger charge is -2.25. The van der Waals surface area contributed by atoms with E-state index in [1.807, 2.05) is 0 Å². The molecule has 0 saturated heterocycles. The van der Waals surface area contributed by atoms with Crippen molar-refractivity contribution in [1.82, 2.24) is 0 Å². The third kappa shape index (κ3) is 7.41. The molecule has 0 radical (unpaired) electrons. The van der Waals surface area contributed by atoms with Crippen LogP contribution in [0.2, 0.25) is 0 Å². The van der Waals surface area contributed by atoms with Crippen molar-refractivity contribution >= 4 is 17.2 Å². The highest BCUT2D eigenvalue weighted by Gasteiger charge is 2.52. The summed E-state index contributed by atoms with van der Waals surface area (Å²) in [5.74, 6) is 1.61. The molecule has 0 spiro atoms. The molecule has 0 amide bonds. The summed E-state index contributed by atoms with van der Waals surface area (Å²) in [6.45, 7) is 20.4. The van der Waals surface area contributed by atoms with Gasteiger partial charge in [0, 0.05) is 48.7 Å². The van der Waals surface area contributed by atoms with Gasteiger partial charge in [0.05, 0.1) is 11.3 Å². The van der Waals surface area contributed by atoms with Gasteiger partial charge in [0.1, 0.15) is 12.3 Å². The number of anilines is 1. The number of likely N-dealkylation sites (N-methyl/N-ethyl adjacent to an activating group) is 1. The average molecular weight is 582 g/mol. The molecule has 2 aliphatic heterocycles. The van der Waals surface area contributed by atoms with Crippen molar-refractivity contribution in [2.75, 3.05) is 18.0 Å².